The van der Waals surface area contributed by atoms with E-state index in [9.17, 15) is 4.79 Å². The van der Waals surface area contributed by atoms with Crippen molar-refractivity contribution in [2.45, 2.75) is 6.54 Å². The molecule has 92 valence electrons. The van der Waals surface area contributed by atoms with Crippen molar-refractivity contribution < 1.29 is 0 Å². The van der Waals surface area contributed by atoms with E-state index in [0.717, 1.165) is 10.7 Å². The zero-order valence-electron chi connectivity index (χ0n) is 9.08. The van der Waals surface area contributed by atoms with Gasteiger partial charge in [0.25, 0.3) is 5.56 Å². The van der Waals surface area contributed by atoms with E-state index in [1.54, 1.807) is 0 Å². The molecule has 0 radical (unpaired) electrons. The zero-order chi connectivity index (χ0) is 12.7. The van der Waals surface area contributed by atoms with Gasteiger partial charge in [0.05, 0.1) is 18.6 Å². The molecular formula is C10H8ClN5OS. The number of fused-ring (bicyclic) bond motifs is 1. The fourth-order valence-electron chi connectivity index (χ4n) is 1.62. The summed E-state index contributed by atoms with van der Waals surface area (Å²) in [6.45, 7) is 0.321. The van der Waals surface area contributed by atoms with Crippen molar-refractivity contribution >= 4 is 33.6 Å². The summed E-state index contributed by atoms with van der Waals surface area (Å²) in [5, 5.41) is 1.97. The standard InChI is InChI=1S/C10H8ClN5OS/c11-8-7(12)9(17)16(5-13-8)4-6-3-15-1-2-18-10(15)14-6/h1-3,5H,4,12H2. The second-order valence-electron chi connectivity index (χ2n) is 3.71. The molecule has 3 rings (SSSR count). The van der Waals surface area contributed by atoms with Gasteiger partial charge >= 0.3 is 0 Å². The third-order valence-electron chi connectivity index (χ3n) is 2.50. The molecule has 0 aromatic carbocycles. The maximum atomic E-state index is 11.8. The highest BCUT2D eigenvalue weighted by molar-refractivity contribution is 7.15. The van der Waals surface area contributed by atoms with Crippen LogP contribution < -0.4 is 11.3 Å². The summed E-state index contributed by atoms with van der Waals surface area (Å²) >= 11 is 7.20. The summed E-state index contributed by atoms with van der Waals surface area (Å²) in [7, 11) is 0. The van der Waals surface area contributed by atoms with Crippen molar-refractivity contribution in [3.63, 3.8) is 0 Å². The number of hydrogen-bond donors (Lipinski definition) is 1. The normalized spacial score (nSPS) is 11.2. The van der Waals surface area contributed by atoms with Crippen molar-refractivity contribution in [1.29, 1.82) is 0 Å². The van der Waals surface area contributed by atoms with Gasteiger partial charge in [0.2, 0.25) is 0 Å². The van der Waals surface area contributed by atoms with Crippen molar-refractivity contribution in [1.82, 2.24) is 18.9 Å². The number of anilines is 1. The monoisotopic (exact) mass is 281 g/mol. The molecule has 0 spiro atoms. The average molecular weight is 282 g/mol. The summed E-state index contributed by atoms with van der Waals surface area (Å²) in [5.74, 6) is 0. The minimum absolute atomic E-state index is 0.0297. The van der Waals surface area contributed by atoms with E-state index in [2.05, 4.69) is 9.97 Å². The summed E-state index contributed by atoms with van der Waals surface area (Å²) in [5.41, 5.74) is 5.91. The number of nitrogen functional groups attached to an aromatic ring is 1. The van der Waals surface area contributed by atoms with Gasteiger partial charge < -0.3 is 5.73 Å². The van der Waals surface area contributed by atoms with Crippen molar-refractivity contribution in [2.75, 3.05) is 5.73 Å². The predicted molar refractivity (Wildman–Crippen MR) is 70.1 cm³/mol. The molecular weight excluding hydrogens is 274 g/mol. The van der Waals surface area contributed by atoms with E-state index in [4.69, 9.17) is 17.3 Å². The largest absolute Gasteiger partial charge is 0.392 e. The molecule has 0 aliphatic heterocycles. The van der Waals surface area contributed by atoms with Gasteiger partial charge in [-0.15, -0.1) is 11.3 Å². The fraction of sp³-hybridized carbons (Fsp3) is 0.100. The molecule has 6 nitrogen and oxygen atoms in total. The first-order chi connectivity index (χ1) is 8.65. The topological polar surface area (TPSA) is 78.2 Å². The Morgan fingerprint density at radius 3 is 3.11 bits per heavy atom. The Bertz CT molecular complexity index is 746. The van der Waals surface area contributed by atoms with Crippen molar-refractivity contribution in [2.24, 2.45) is 0 Å². The van der Waals surface area contributed by atoms with Crippen LogP contribution in [0, 0.1) is 0 Å². The van der Waals surface area contributed by atoms with Gasteiger partial charge in [0.15, 0.2) is 10.1 Å². The molecule has 3 aromatic heterocycles. The summed E-state index contributed by atoms with van der Waals surface area (Å²) < 4.78 is 3.28. The van der Waals surface area contributed by atoms with E-state index in [0.29, 0.717) is 6.54 Å². The van der Waals surface area contributed by atoms with Gasteiger partial charge in [-0.05, 0) is 0 Å². The minimum atomic E-state index is -0.355. The average Bonchev–Trinajstić information content (AvgIpc) is 2.90. The fourth-order valence-corrected chi connectivity index (χ4v) is 2.47. The minimum Gasteiger partial charge on any atom is -0.392 e. The Hall–Kier alpha value is -1.86. The lowest BCUT2D eigenvalue weighted by Gasteiger charge is -2.04. The number of aromatic nitrogens is 4. The van der Waals surface area contributed by atoms with Crippen molar-refractivity contribution in [3.05, 3.63) is 45.3 Å². The summed E-state index contributed by atoms with van der Waals surface area (Å²) in [4.78, 5) is 20.9. The first-order valence-electron chi connectivity index (χ1n) is 5.06. The molecule has 0 amide bonds. The summed E-state index contributed by atoms with van der Waals surface area (Å²) in [6, 6.07) is 0. The molecule has 8 heteroatoms. The Morgan fingerprint density at radius 2 is 2.33 bits per heavy atom. The van der Waals surface area contributed by atoms with Crippen LogP contribution in [-0.2, 0) is 6.54 Å². The lowest BCUT2D eigenvalue weighted by Crippen LogP contribution is -2.24. The van der Waals surface area contributed by atoms with E-state index in [1.165, 1.54) is 22.2 Å². The Labute approximate surface area is 110 Å². The smallest absolute Gasteiger partial charge is 0.278 e. The van der Waals surface area contributed by atoms with E-state index >= 15 is 0 Å². The van der Waals surface area contributed by atoms with Gasteiger partial charge in [-0.3, -0.25) is 13.8 Å². The highest BCUT2D eigenvalue weighted by Crippen LogP contribution is 2.13. The molecule has 0 bridgehead atoms. The number of imidazole rings is 1. The lowest BCUT2D eigenvalue weighted by molar-refractivity contribution is 0.726. The second kappa shape index (κ2) is 4.11. The Kier molecular flexibility index (Phi) is 2.57. The third kappa shape index (κ3) is 1.77. The quantitative estimate of drug-likeness (QED) is 0.717. The van der Waals surface area contributed by atoms with Gasteiger partial charge in [-0.25, -0.2) is 9.97 Å². The van der Waals surface area contributed by atoms with Gasteiger partial charge in [-0.2, -0.15) is 0 Å². The van der Waals surface area contributed by atoms with Crippen LogP contribution in [0.3, 0.4) is 0 Å². The molecule has 2 N–H and O–H groups in total. The molecule has 0 aliphatic rings. The molecule has 0 aliphatic carbocycles. The molecule has 3 aromatic rings. The van der Waals surface area contributed by atoms with Crippen LogP contribution >= 0.6 is 22.9 Å². The molecule has 0 saturated heterocycles. The van der Waals surface area contributed by atoms with Crippen LogP contribution in [0.25, 0.3) is 4.96 Å². The van der Waals surface area contributed by atoms with Gasteiger partial charge in [-0.1, -0.05) is 11.6 Å². The molecule has 3 heterocycles. The Morgan fingerprint density at radius 1 is 1.50 bits per heavy atom. The van der Waals surface area contributed by atoms with Crippen LogP contribution in [0.4, 0.5) is 5.69 Å². The molecule has 0 fully saturated rings. The van der Waals surface area contributed by atoms with E-state index in [1.807, 2.05) is 22.2 Å². The number of hydrogen-bond acceptors (Lipinski definition) is 5. The highest BCUT2D eigenvalue weighted by atomic mass is 35.5. The van der Waals surface area contributed by atoms with Gasteiger partial charge in [0, 0.05) is 17.8 Å². The number of thiazole rings is 1. The van der Waals surface area contributed by atoms with Crippen LogP contribution in [0.1, 0.15) is 5.69 Å². The maximum Gasteiger partial charge on any atom is 0.278 e. The number of halogens is 1. The predicted octanol–water partition coefficient (Wildman–Crippen LogP) is 1.24. The molecule has 0 unspecified atom stereocenters. The van der Waals surface area contributed by atoms with Crippen LogP contribution in [-0.4, -0.2) is 18.9 Å². The maximum absolute atomic E-state index is 11.8. The number of rotatable bonds is 2. The Balaban J connectivity index is 2.00. The zero-order valence-corrected chi connectivity index (χ0v) is 10.6. The highest BCUT2D eigenvalue weighted by Gasteiger charge is 2.08. The van der Waals surface area contributed by atoms with E-state index in [-0.39, 0.29) is 16.4 Å². The van der Waals surface area contributed by atoms with Crippen LogP contribution in [0.5, 0.6) is 0 Å². The number of nitrogens with two attached hydrogens (primary N) is 1. The summed E-state index contributed by atoms with van der Waals surface area (Å²) in [6.07, 6.45) is 5.14. The first kappa shape index (κ1) is 11.2. The van der Waals surface area contributed by atoms with Gasteiger partial charge in [0.1, 0.15) is 5.69 Å². The molecule has 0 saturated carbocycles. The molecule has 18 heavy (non-hydrogen) atoms. The molecule has 0 atom stereocenters. The lowest BCUT2D eigenvalue weighted by atomic mass is 10.4. The van der Waals surface area contributed by atoms with Crippen molar-refractivity contribution in [3.8, 4) is 0 Å². The van der Waals surface area contributed by atoms with Crippen LogP contribution in [0.15, 0.2) is 28.9 Å². The second-order valence-corrected chi connectivity index (χ2v) is 4.94. The van der Waals surface area contributed by atoms with Crippen LogP contribution in [0.2, 0.25) is 5.15 Å². The SMILES string of the molecule is Nc1c(Cl)ncn(Cc2cn3ccsc3n2)c1=O. The third-order valence-corrected chi connectivity index (χ3v) is 3.57. The van der Waals surface area contributed by atoms with E-state index < -0.39 is 0 Å². The first-order valence-corrected chi connectivity index (χ1v) is 6.32. The number of nitrogens with zero attached hydrogens (tertiary/aromatic N) is 4.